The van der Waals surface area contributed by atoms with Gasteiger partial charge in [0.05, 0.1) is 7.11 Å². The van der Waals surface area contributed by atoms with E-state index in [1.54, 1.807) is 6.92 Å². The van der Waals surface area contributed by atoms with Gasteiger partial charge in [0.15, 0.2) is 15.7 Å². The number of sulfone groups is 1. The van der Waals surface area contributed by atoms with Crippen LogP contribution in [0, 0.1) is 0 Å². The first kappa shape index (κ1) is 19.9. The van der Waals surface area contributed by atoms with Crippen molar-refractivity contribution < 1.29 is 31.2 Å². The second-order valence-corrected chi connectivity index (χ2v) is 8.75. The minimum atomic E-state index is -4.68. The van der Waals surface area contributed by atoms with E-state index in [2.05, 4.69) is 0 Å². The van der Waals surface area contributed by atoms with Gasteiger partial charge in [0.1, 0.15) is 15.5 Å². The van der Waals surface area contributed by atoms with E-state index < -0.39 is 41.2 Å². The summed E-state index contributed by atoms with van der Waals surface area (Å²) in [5.74, 6) is -0.646. The molecule has 0 spiro atoms. The van der Waals surface area contributed by atoms with Crippen molar-refractivity contribution in [2.45, 2.75) is 23.3 Å². The van der Waals surface area contributed by atoms with Crippen LogP contribution < -0.4 is 10.3 Å². The van der Waals surface area contributed by atoms with Crippen molar-refractivity contribution in [3.05, 3.63) is 34.6 Å². The average molecular weight is 403 g/mol. The maximum absolute atomic E-state index is 12.5. The fraction of sp³-hybridized carbons (Fsp3) is 0.267. The lowest BCUT2D eigenvalue weighted by atomic mass is 10.1. The number of ether oxygens (including phenoxy) is 1. The molecule has 0 saturated carbocycles. The number of benzene rings is 1. The molecule has 0 aliphatic carbocycles. The number of aromatic hydroxyl groups is 1. The highest BCUT2D eigenvalue weighted by Gasteiger charge is 2.25. The van der Waals surface area contributed by atoms with Crippen molar-refractivity contribution >= 4 is 20.0 Å². The number of methoxy groups -OCH3 is 1. The minimum absolute atomic E-state index is 0.00509. The summed E-state index contributed by atoms with van der Waals surface area (Å²) in [6.07, 6.45) is 0.831. The fourth-order valence-electron chi connectivity index (χ4n) is 2.54. The van der Waals surface area contributed by atoms with Crippen molar-refractivity contribution in [1.29, 1.82) is 0 Å². The standard InChI is InChI=1S/C15H17NO8S2/c1-4-16-13(17)8-10(14(15(16)18)25(3,19)20)9-5-6-11(24-2)12(7-9)26(21,22)23/h5-8,17H,4H2,1-3H3,(H,21,22,23). The van der Waals surface area contributed by atoms with Crippen LogP contribution in [0.5, 0.6) is 11.6 Å². The van der Waals surface area contributed by atoms with Crippen LogP contribution in [-0.2, 0) is 26.5 Å². The van der Waals surface area contributed by atoms with E-state index >= 15 is 0 Å². The molecule has 0 aliphatic rings. The molecule has 1 heterocycles. The van der Waals surface area contributed by atoms with Crippen LogP contribution in [0.3, 0.4) is 0 Å². The maximum atomic E-state index is 12.5. The largest absolute Gasteiger partial charge is 0.495 e. The quantitative estimate of drug-likeness (QED) is 0.702. The Morgan fingerprint density at radius 2 is 1.77 bits per heavy atom. The Bertz CT molecular complexity index is 1130. The van der Waals surface area contributed by atoms with Crippen LogP contribution in [0.25, 0.3) is 11.1 Å². The second kappa shape index (κ2) is 6.74. The van der Waals surface area contributed by atoms with Gasteiger partial charge < -0.3 is 9.84 Å². The molecule has 0 unspecified atom stereocenters. The van der Waals surface area contributed by atoms with E-state index in [1.807, 2.05) is 0 Å². The minimum Gasteiger partial charge on any atom is -0.495 e. The summed E-state index contributed by atoms with van der Waals surface area (Å²) < 4.78 is 62.5. The molecule has 142 valence electrons. The first-order chi connectivity index (χ1) is 11.9. The zero-order chi connectivity index (χ0) is 19.9. The number of pyridine rings is 1. The number of nitrogens with zero attached hydrogens (tertiary/aromatic N) is 1. The molecule has 0 saturated heterocycles. The first-order valence-corrected chi connectivity index (χ1v) is 10.6. The molecule has 2 aromatic rings. The van der Waals surface area contributed by atoms with Crippen molar-refractivity contribution in [3.8, 4) is 22.8 Å². The second-order valence-electron chi connectivity index (χ2n) is 5.41. The van der Waals surface area contributed by atoms with Gasteiger partial charge >= 0.3 is 0 Å². The normalized spacial score (nSPS) is 12.2. The SMILES string of the molecule is CCn1c(O)cc(-c2ccc(OC)c(S(=O)(=O)O)c2)c(S(C)(=O)=O)c1=O. The van der Waals surface area contributed by atoms with Crippen molar-refractivity contribution in [3.63, 3.8) is 0 Å². The molecule has 11 heteroatoms. The Labute approximate surface area is 150 Å². The van der Waals surface area contributed by atoms with Gasteiger partial charge in [0.25, 0.3) is 15.7 Å². The van der Waals surface area contributed by atoms with Gasteiger partial charge in [-0.1, -0.05) is 6.07 Å². The Morgan fingerprint density at radius 1 is 1.15 bits per heavy atom. The van der Waals surface area contributed by atoms with E-state index in [4.69, 9.17) is 4.74 Å². The predicted octanol–water partition coefficient (Wildman–Crippen LogP) is 0.900. The summed E-state index contributed by atoms with van der Waals surface area (Å²) >= 11 is 0. The van der Waals surface area contributed by atoms with Gasteiger partial charge in [-0.05, 0) is 24.6 Å². The average Bonchev–Trinajstić information content (AvgIpc) is 2.51. The van der Waals surface area contributed by atoms with Crippen molar-refractivity contribution in [1.82, 2.24) is 4.57 Å². The van der Waals surface area contributed by atoms with Crippen LogP contribution in [0.15, 0.2) is 38.9 Å². The molecule has 2 N–H and O–H groups in total. The predicted molar refractivity (Wildman–Crippen MR) is 93.0 cm³/mol. The maximum Gasteiger partial charge on any atom is 0.298 e. The Kier molecular flexibility index (Phi) is 5.17. The van der Waals surface area contributed by atoms with Crippen molar-refractivity contribution in [2.75, 3.05) is 13.4 Å². The van der Waals surface area contributed by atoms with E-state index in [9.17, 15) is 31.3 Å². The monoisotopic (exact) mass is 403 g/mol. The summed E-state index contributed by atoms with van der Waals surface area (Å²) in [4.78, 5) is 11.3. The van der Waals surface area contributed by atoms with Crippen LogP contribution in [0.1, 0.15) is 6.92 Å². The van der Waals surface area contributed by atoms with Gasteiger partial charge in [-0.3, -0.25) is 13.9 Å². The Hall–Kier alpha value is -2.37. The molecule has 0 aliphatic heterocycles. The molecule has 2 rings (SSSR count). The van der Waals surface area contributed by atoms with Gasteiger partial charge in [-0.15, -0.1) is 0 Å². The molecule has 26 heavy (non-hydrogen) atoms. The number of rotatable bonds is 5. The molecular weight excluding hydrogens is 386 g/mol. The summed E-state index contributed by atoms with van der Waals surface area (Å²) in [5, 5.41) is 10.0. The van der Waals surface area contributed by atoms with Gasteiger partial charge in [0, 0.05) is 24.4 Å². The number of aromatic nitrogens is 1. The third kappa shape index (κ3) is 3.59. The zero-order valence-electron chi connectivity index (χ0n) is 14.1. The summed E-state index contributed by atoms with van der Waals surface area (Å²) in [6, 6.07) is 4.53. The molecule has 1 aromatic heterocycles. The third-order valence-electron chi connectivity index (χ3n) is 3.67. The summed E-state index contributed by atoms with van der Waals surface area (Å²) in [5.41, 5.74) is -1.13. The molecule has 1 aromatic carbocycles. The van der Waals surface area contributed by atoms with Crippen molar-refractivity contribution in [2.24, 2.45) is 0 Å². The lowest BCUT2D eigenvalue weighted by Gasteiger charge is -2.14. The molecular formula is C15H17NO8S2. The van der Waals surface area contributed by atoms with E-state index in [0.29, 0.717) is 0 Å². The van der Waals surface area contributed by atoms with Gasteiger partial charge in [-0.2, -0.15) is 8.42 Å². The Morgan fingerprint density at radius 3 is 2.23 bits per heavy atom. The fourth-order valence-corrected chi connectivity index (χ4v) is 4.22. The summed E-state index contributed by atoms with van der Waals surface area (Å²) in [7, 11) is -7.50. The Balaban J connectivity index is 2.96. The topological polar surface area (TPSA) is 140 Å². The molecule has 0 bridgehead atoms. The zero-order valence-corrected chi connectivity index (χ0v) is 15.8. The molecule has 0 fully saturated rings. The molecule has 0 atom stereocenters. The van der Waals surface area contributed by atoms with Gasteiger partial charge in [0.2, 0.25) is 0 Å². The number of hydrogen-bond donors (Lipinski definition) is 2. The summed E-state index contributed by atoms with van der Waals surface area (Å²) in [6.45, 7) is 1.59. The van der Waals surface area contributed by atoms with Crippen LogP contribution >= 0.6 is 0 Å². The highest BCUT2D eigenvalue weighted by Crippen LogP contribution is 2.33. The van der Waals surface area contributed by atoms with E-state index in [-0.39, 0.29) is 23.4 Å². The lowest BCUT2D eigenvalue weighted by Crippen LogP contribution is -2.26. The number of hydrogen-bond acceptors (Lipinski definition) is 7. The highest BCUT2D eigenvalue weighted by molar-refractivity contribution is 7.90. The third-order valence-corrected chi connectivity index (χ3v) is 5.68. The van der Waals surface area contributed by atoms with Gasteiger partial charge in [-0.25, -0.2) is 8.42 Å². The van der Waals surface area contributed by atoms with E-state index in [1.165, 1.54) is 19.2 Å². The van der Waals surface area contributed by atoms with Crippen LogP contribution in [-0.4, -0.2) is 44.4 Å². The molecule has 0 radical (unpaired) electrons. The molecule has 0 amide bonds. The smallest absolute Gasteiger partial charge is 0.298 e. The highest BCUT2D eigenvalue weighted by atomic mass is 32.2. The molecule has 9 nitrogen and oxygen atoms in total. The first-order valence-electron chi connectivity index (χ1n) is 7.24. The lowest BCUT2D eigenvalue weighted by molar-refractivity contribution is 0.397. The van der Waals surface area contributed by atoms with Crippen LogP contribution in [0.4, 0.5) is 0 Å². The van der Waals surface area contributed by atoms with Crippen LogP contribution in [0.2, 0.25) is 0 Å². The van der Waals surface area contributed by atoms with E-state index in [0.717, 1.165) is 23.0 Å².